The summed E-state index contributed by atoms with van der Waals surface area (Å²) in [4.78, 5) is 24.0. The molecule has 0 aliphatic carbocycles. The Morgan fingerprint density at radius 2 is 1.96 bits per heavy atom. The molecule has 0 saturated carbocycles. The van der Waals surface area contributed by atoms with Crippen molar-refractivity contribution in [2.75, 3.05) is 19.8 Å². The predicted molar refractivity (Wildman–Crippen MR) is 98.4 cm³/mol. The summed E-state index contributed by atoms with van der Waals surface area (Å²) in [5, 5.41) is 12.3. The molecule has 1 aromatic rings. The van der Waals surface area contributed by atoms with E-state index in [1.165, 1.54) is 0 Å². The highest BCUT2D eigenvalue weighted by molar-refractivity contribution is 5.82. The van der Waals surface area contributed by atoms with Gasteiger partial charge in [0.15, 0.2) is 6.10 Å². The molecule has 2 rings (SSSR count). The fraction of sp³-hybridized carbons (Fsp3) is 0.600. The minimum atomic E-state index is -0.959. The maximum atomic E-state index is 12.4. The van der Waals surface area contributed by atoms with Crippen molar-refractivity contribution < 1.29 is 24.2 Å². The van der Waals surface area contributed by atoms with Crippen LogP contribution in [0.5, 0.6) is 5.75 Å². The van der Waals surface area contributed by atoms with E-state index in [9.17, 15) is 14.7 Å². The molecule has 6 heteroatoms. The number of ether oxygens (including phenoxy) is 2. The Labute approximate surface area is 154 Å². The average Bonchev–Trinajstić information content (AvgIpc) is 2.59. The monoisotopic (exact) mass is 363 g/mol. The molecule has 1 amide bonds. The van der Waals surface area contributed by atoms with Gasteiger partial charge in [-0.25, -0.2) is 0 Å². The number of rotatable bonds is 6. The molecule has 1 atom stereocenters. The maximum absolute atomic E-state index is 12.4. The minimum Gasteiger partial charge on any atom is -0.481 e. The third kappa shape index (κ3) is 4.97. The van der Waals surface area contributed by atoms with E-state index < -0.39 is 17.5 Å². The number of hydrogen-bond donors (Lipinski definition) is 2. The largest absolute Gasteiger partial charge is 0.481 e. The summed E-state index contributed by atoms with van der Waals surface area (Å²) in [6.07, 6.45) is 0.0765. The smallest absolute Gasteiger partial charge is 0.311 e. The van der Waals surface area contributed by atoms with Crippen LogP contribution in [-0.2, 0) is 19.7 Å². The van der Waals surface area contributed by atoms with Crippen LogP contribution in [0.25, 0.3) is 0 Å². The second-order valence-corrected chi connectivity index (χ2v) is 7.95. The lowest BCUT2D eigenvalue weighted by Crippen LogP contribution is -2.48. The molecule has 1 fully saturated rings. The fourth-order valence-electron chi connectivity index (χ4n) is 2.92. The van der Waals surface area contributed by atoms with Crippen LogP contribution in [-0.4, -0.2) is 42.8 Å². The first kappa shape index (κ1) is 20.2. The van der Waals surface area contributed by atoms with Crippen molar-refractivity contribution in [3.63, 3.8) is 0 Å². The van der Waals surface area contributed by atoms with Crippen LogP contribution in [0.4, 0.5) is 0 Å². The van der Waals surface area contributed by atoms with Gasteiger partial charge in [-0.1, -0.05) is 32.9 Å². The lowest BCUT2D eigenvalue weighted by Gasteiger charge is -2.33. The van der Waals surface area contributed by atoms with Crippen LogP contribution < -0.4 is 10.1 Å². The van der Waals surface area contributed by atoms with Gasteiger partial charge in [-0.3, -0.25) is 9.59 Å². The first-order valence-corrected chi connectivity index (χ1v) is 9.00. The topological polar surface area (TPSA) is 84.9 Å². The van der Waals surface area contributed by atoms with Gasteiger partial charge in [0.05, 0.1) is 5.41 Å². The third-order valence-corrected chi connectivity index (χ3v) is 4.89. The van der Waals surface area contributed by atoms with Crippen molar-refractivity contribution in [1.82, 2.24) is 5.32 Å². The molecule has 0 radical (unpaired) electrons. The van der Waals surface area contributed by atoms with E-state index in [1.54, 1.807) is 6.92 Å². The molecule has 1 aliphatic heterocycles. The van der Waals surface area contributed by atoms with Crippen molar-refractivity contribution in [1.29, 1.82) is 0 Å². The molecule has 6 nitrogen and oxygen atoms in total. The van der Waals surface area contributed by atoms with Crippen LogP contribution in [0.1, 0.15) is 46.1 Å². The molecule has 1 heterocycles. The average molecular weight is 363 g/mol. The molecule has 1 unspecified atom stereocenters. The Morgan fingerprint density at radius 3 is 2.54 bits per heavy atom. The number of nitrogens with one attached hydrogen (secondary N) is 1. The number of hydrogen-bond acceptors (Lipinski definition) is 4. The summed E-state index contributed by atoms with van der Waals surface area (Å²) >= 11 is 0. The van der Waals surface area contributed by atoms with Gasteiger partial charge in [0.2, 0.25) is 0 Å². The molecular weight excluding hydrogens is 334 g/mol. The molecule has 0 spiro atoms. The summed E-state index contributed by atoms with van der Waals surface area (Å²) in [5.74, 6) is -0.593. The van der Waals surface area contributed by atoms with Gasteiger partial charge in [-0.15, -0.1) is 0 Å². The van der Waals surface area contributed by atoms with Gasteiger partial charge in [-0.05, 0) is 42.9 Å². The number of carbonyl (C=O) groups is 2. The highest BCUT2D eigenvalue weighted by atomic mass is 16.5. The summed E-state index contributed by atoms with van der Waals surface area (Å²) < 4.78 is 11.0. The zero-order chi connectivity index (χ0) is 19.4. The first-order valence-electron chi connectivity index (χ1n) is 9.00. The quantitative estimate of drug-likeness (QED) is 0.812. The van der Waals surface area contributed by atoms with E-state index >= 15 is 0 Å². The maximum Gasteiger partial charge on any atom is 0.311 e. The zero-order valence-corrected chi connectivity index (χ0v) is 16.0. The Bertz CT molecular complexity index is 644. The standard InChI is InChI=1S/C20H29NO5/c1-14(26-16-7-5-6-15(12-16)19(2,3)4)17(22)21-13-20(18(23)24)8-10-25-11-9-20/h5-7,12,14H,8-11,13H2,1-4H3,(H,21,22)(H,23,24). The van der Waals surface area contributed by atoms with Gasteiger partial charge < -0.3 is 19.9 Å². The van der Waals surface area contributed by atoms with Gasteiger partial charge >= 0.3 is 5.97 Å². The van der Waals surface area contributed by atoms with Crippen molar-refractivity contribution >= 4 is 11.9 Å². The lowest BCUT2D eigenvalue weighted by atomic mass is 9.80. The minimum absolute atomic E-state index is 0.0121. The number of benzene rings is 1. The number of amides is 1. The number of carbonyl (C=O) groups excluding carboxylic acids is 1. The van der Waals surface area contributed by atoms with Crippen molar-refractivity contribution in [3.05, 3.63) is 29.8 Å². The Morgan fingerprint density at radius 1 is 1.31 bits per heavy atom. The lowest BCUT2D eigenvalue weighted by molar-refractivity contribution is -0.155. The third-order valence-electron chi connectivity index (χ3n) is 4.89. The normalized spacial score (nSPS) is 18.0. The highest BCUT2D eigenvalue weighted by Gasteiger charge is 2.40. The first-order chi connectivity index (χ1) is 12.1. The summed E-state index contributed by atoms with van der Waals surface area (Å²) in [7, 11) is 0. The Kier molecular flexibility index (Phi) is 6.29. The van der Waals surface area contributed by atoms with Gasteiger partial charge in [0, 0.05) is 19.8 Å². The second kappa shape index (κ2) is 8.08. The molecule has 26 heavy (non-hydrogen) atoms. The van der Waals surface area contributed by atoms with E-state index in [4.69, 9.17) is 9.47 Å². The molecule has 0 bridgehead atoms. The van der Waals surface area contributed by atoms with E-state index in [2.05, 4.69) is 26.1 Å². The molecular formula is C20H29NO5. The summed E-state index contributed by atoms with van der Waals surface area (Å²) in [6.45, 7) is 8.88. The van der Waals surface area contributed by atoms with E-state index in [1.807, 2.05) is 24.3 Å². The summed E-state index contributed by atoms with van der Waals surface area (Å²) in [6, 6.07) is 7.68. The van der Waals surface area contributed by atoms with Crippen molar-refractivity contribution in [2.24, 2.45) is 5.41 Å². The zero-order valence-electron chi connectivity index (χ0n) is 16.0. The van der Waals surface area contributed by atoms with Crippen LogP contribution in [0.15, 0.2) is 24.3 Å². The van der Waals surface area contributed by atoms with Crippen molar-refractivity contribution in [2.45, 2.75) is 52.1 Å². The molecule has 144 valence electrons. The van der Waals surface area contributed by atoms with Crippen LogP contribution in [0.2, 0.25) is 0 Å². The van der Waals surface area contributed by atoms with Gasteiger partial charge in [-0.2, -0.15) is 0 Å². The predicted octanol–water partition coefficient (Wildman–Crippen LogP) is 2.75. The van der Waals surface area contributed by atoms with E-state index in [-0.39, 0.29) is 17.9 Å². The molecule has 1 aromatic carbocycles. The van der Waals surface area contributed by atoms with Gasteiger partial charge in [0.1, 0.15) is 5.75 Å². The van der Waals surface area contributed by atoms with Crippen LogP contribution in [0.3, 0.4) is 0 Å². The Hall–Kier alpha value is -2.08. The molecule has 0 aromatic heterocycles. The van der Waals surface area contributed by atoms with Crippen LogP contribution in [0, 0.1) is 5.41 Å². The van der Waals surface area contributed by atoms with Crippen LogP contribution >= 0.6 is 0 Å². The van der Waals surface area contributed by atoms with E-state index in [0.29, 0.717) is 31.8 Å². The Balaban J connectivity index is 1.96. The SMILES string of the molecule is CC(Oc1cccc(C(C)(C)C)c1)C(=O)NCC1(C(=O)O)CCOCC1. The van der Waals surface area contributed by atoms with E-state index in [0.717, 1.165) is 5.56 Å². The second-order valence-electron chi connectivity index (χ2n) is 7.95. The fourth-order valence-corrected chi connectivity index (χ4v) is 2.92. The number of carboxylic acid groups (broad SMARTS) is 1. The molecule has 2 N–H and O–H groups in total. The highest BCUT2D eigenvalue weighted by Crippen LogP contribution is 2.30. The summed E-state index contributed by atoms with van der Waals surface area (Å²) in [5.41, 5.74) is 0.149. The number of carboxylic acids is 1. The van der Waals surface area contributed by atoms with Crippen molar-refractivity contribution in [3.8, 4) is 5.75 Å². The van der Waals surface area contributed by atoms with Gasteiger partial charge in [0.25, 0.3) is 5.91 Å². The number of aliphatic carboxylic acids is 1. The molecule has 1 saturated heterocycles. The molecule has 1 aliphatic rings.